The normalized spacial score (nSPS) is 13.9. The summed E-state index contributed by atoms with van der Waals surface area (Å²) < 4.78 is 0. The fourth-order valence-electron chi connectivity index (χ4n) is 2.89. The van der Waals surface area contributed by atoms with Gasteiger partial charge in [0.15, 0.2) is 0 Å². The summed E-state index contributed by atoms with van der Waals surface area (Å²) in [7, 11) is 0. The molecule has 2 aromatic carbocycles. The van der Waals surface area contributed by atoms with E-state index in [-0.39, 0.29) is 5.91 Å². The monoisotopic (exact) mass is 280 g/mol. The molecule has 0 atom stereocenters. The molecular formula is C18H20N2O. The van der Waals surface area contributed by atoms with Crippen LogP contribution in [0.3, 0.4) is 0 Å². The summed E-state index contributed by atoms with van der Waals surface area (Å²) in [4.78, 5) is 14.7. The maximum Gasteiger partial charge on any atom is 0.254 e. The number of nitrogens with two attached hydrogens (primary N) is 1. The van der Waals surface area contributed by atoms with Gasteiger partial charge in [-0.1, -0.05) is 23.8 Å². The van der Waals surface area contributed by atoms with Gasteiger partial charge in [0.2, 0.25) is 0 Å². The maximum absolute atomic E-state index is 12.8. The molecule has 2 N–H and O–H groups in total. The predicted octanol–water partition coefficient (Wildman–Crippen LogP) is 3.08. The van der Waals surface area contributed by atoms with E-state index < -0.39 is 0 Å². The second-order valence-electron chi connectivity index (χ2n) is 5.82. The zero-order valence-corrected chi connectivity index (χ0v) is 12.5. The third kappa shape index (κ3) is 2.64. The third-order valence-corrected chi connectivity index (χ3v) is 4.15. The van der Waals surface area contributed by atoms with Crippen molar-refractivity contribution in [2.24, 2.45) is 0 Å². The van der Waals surface area contributed by atoms with Crippen molar-refractivity contribution in [2.45, 2.75) is 26.8 Å². The Bertz CT molecular complexity index is 706. The van der Waals surface area contributed by atoms with Crippen LogP contribution in [0.2, 0.25) is 0 Å². The van der Waals surface area contributed by atoms with Crippen LogP contribution in [0, 0.1) is 13.8 Å². The Morgan fingerprint density at radius 2 is 1.90 bits per heavy atom. The number of amides is 1. The molecule has 21 heavy (non-hydrogen) atoms. The molecule has 0 radical (unpaired) electrons. The van der Waals surface area contributed by atoms with Gasteiger partial charge in [0.1, 0.15) is 0 Å². The molecule has 1 heterocycles. The molecule has 1 amide bonds. The molecule has 108 valence electrons. The predicted molar refractivity (Wildman–Crippen MR) is 85.2 cm³/mol. The van der Waals surface area contributed by atoms with Gasteiger partial charge in [0.25, 0.3) is 5.91 Å². The van der Waals surface area contributed by atoms with Crippen LogP contribution in [0.4, 0.5) is 5.69 Å². The molecule has 1 aliphatic heterocycles. The largest absolute Gasteiger partial charge is 0.399 e. The molecule has 3 nitrogen and oxygen atoms in total. The number of carbonyl (C=O) groups excluding carboxylic acids is 1. The average molecular weight is 280 g/mol. The minimum absolute atomic E-state index is 0.115. The van der Waals surface area contributed by atoms with Crippen molar-refractivity contribution in [1.82, 2.24) is 4.90 Å². The van der Waals surface area contributed by atoms with Crippen LogP contribution in [0.15, 0.2) is 36.4 Å². The first-order valence-corrected chi connectivity index (χ1v) is 7.28. The third-order valence-electron chi connectivity index (χ3n) is 4.15. The Hall–Kier alpha value is -2.29. The minimum Gasteiger partial charge on any atom is -0.399 e. The fourth-order valence-corrected chi connectivity index (χ4v) is 2.89. The van der Waals surface area contributed by atoms with Gasteiger partial charge >= 0.3 is 0 Å². The van der Waals surface area contributed by atoms with Crippen LogP contribution in [-0.2, 0) is 13.0 Å². The molecule has 2 aromatic rings. The van der Waals surface area contributed by atoms with Gasteiger partial charge in [-0.2, -0.15) is 0 Å². The van der Waals surface area contributed by atoms with Gasteiger partial charge in [-0.3, -0.25) is 4.79 Å². The number of aryl methyl sites for hydroxylation is 2. The smallest absolute Gasteiger partial charge is 0.254 e. The fraction of sp³-hybridized carbons (Fsp3) is 0.278. The highest BCUT2D eigenvalue weighted by Gasteiger charge is 2.22. The lowest BCUT2D eigenvalue weighted by molar-refractivity contribution is 0.0734. The number of nitrogens with zero attached hydrogens (tertiary/aromatic N) is 1. The average Bonchev–Trinajstić information content (AvgIpc) is 2.48. The Morgan fingerprint density at radius 1 is 1.10 bits per heavy atom. The Kier molecular flexibility index (Phi) is 3.42. The lowest BCUT2D eigenvalue weighted by Crippen LogP contribution is -2.36. The van der Waals surface area contributed by atoms with Crippen molar-refractivity contribution in [3.05, 3.63) is 64.2 Å². The van der Waals surface area contributed by atoms with Crippen LogP contribution >= 0.6 is 0 Å². The van der Waals surface area contributed by atoms with E-state index >= 15 is 0 Å². The number of hydrogen-bond acceptors (Lipinski definition) is 2. The van der Waals surface area contributed by atoms with Crippen molar-refractivity contribution in [2.75, 3.05) is 12.3 Å². The quantitative estimate of drug-likeness (QED) is 0.816. The highest BCUT2D eigenvalue weighted by atomic mass is 16.2. The van der Waals surface area contributed by atoms with Crippen molar-refractivity contribution in [3.8, 4) is 0 Å². The van der Waals surface area contributed by atoms with E-state index in [9.17, 15) is 4.79 Å². The zero-order chi connectivity index (χ0) is 15.0. The SMILES string of the molecule is Cc1ccc(C)c(C(=O)N2CCc3ccc(N)cc3C2)c1. The van der Waals surface area contributed by atoms with E-state index in [1.54, 1.807) is 0 Å². The highest BCUT2D eigenvalue weighted by Crippen LogP contribution is 2.23. The van der Waals surface area contributed by atoms with Crippen LogP contribution in [0.5, 0.6) is 0 Å². The topological polar surface area (TPSA) is 46.3 Å². The van der Waals surface area contributed by atoms with Gasteiger partial charge < -0.3 is 10.6 Å². The summed E-state index contributed by atoms with van der Waals surface area (Å²) >= 11 is 0. The second-order valence-corrected chi connectivity index (χ2v) is 5.82. The molecule has 0 saturated heterocycles. The lowest BCUT2D eigenvalue weighted by atomic mass is 9.97. The van der Waals surface area contributed by atoms with E-state index in [0.29, 0.717) is 6.54 Å². The van der Waals surface area contributed by atoms with Gasteiger partial charge in [0.05, 0.1) is 0 Å². The Balaban J connectivity index is 1.88. The number of nitrogen functional groups attached to an aromatic ring is 1. The highest BCUT2D eigenvalue weighted by molar-refractivity contribution is 5.96. The van der Waals surface area contributed by atoms with Crippen LogP contribution in [0.1, 0.15) is 32.6 Å². The second kappa shape index (κ2) is 5.24. The first-order chi connectivity index (χ1) is 10.0. The summed E-state index contributed by atoms with van der Waals surface area (Å²) in [5.41, 5.74) is 12.0. The summed E-state index contributed by atoms with van der Waals surface area (Å²) in [6.07, 6.45) is 0.895. The van der Waals surface area contributed by atoms with Crippen molar-refractivity contribution >= 4 is 11.6 Å². The minimum atomic E-state index is 0.115. The van der Waals surface area contributed by atoms with E-state index in [2.05, 4.69) is 6.07 Å². The summed E-state index contributed by atoms with van der Waals surface area (Å²) in [5.74, 6) is 0.115. The van der Waals surface area contributed by atoms with Gasteiger partial charge in [-0.15, -0.1) is 0 Å². The first kappa shape index (κ1) is 13.7. The van der Waals surface area contributed by atoms with Crippen molar-refractivity contribution in [3.63, 3.8) is 0 Å². The molecule has 0 unspecified atom stereocenters. The number of hydrogen-bond donors (Lipinski definition) is 1. The molecule has 1 aliphatic rings. The lowest BCUT2D eigenvalue weighted by Gasteiger charge is -2.29. The van der Waals surface area contributed by atoms with E-state index in [0.717, 1.165) is 35.3 Å². The van der Waals surface area contributed by atoms with E-state index in [4.69, 9.17) is 5.73 Å². The first-order valence-electron chi connectivity index (χ1n) is 7.28. The number of rotatable bonds is 1. The number of carbonyl (C=O) groups is 1. The van der Waals surface area contributed by atoms with Crippen molar-refractivity contribution in [1.29, 1.82) is 0 Å². The maximum atomic E-state index is 12.8. The molecule has 0 bridgehead atoms. The summed E-state index contributed by atoms with van der Waals surface area (Å²) in [6, 6.07) is 12.0. The molecule has 3 heteroatoms. The molecule has 0 saturated carbocycles. The van der Waals surface area contributed by atoms with Gasteiger partial charge in [0, 0.05) is 24.3 Å². The summed E-state index contributed by atoms with van der Waals surface area (Å²) in [5, 5.41) is 0. The molecule has 0 spiro atoms. The molecular weight excluding hydrogens is 260 g/mol. The van der Waals surface area contributed by atoms with E-state index in [1.165, 1.54) is 11.1 Å². The molecule has 0 fully saturated rings. The summed E-state index contributed by atoms with van der Waals surface area (Å²) in [6.45, 7) is 5.42. The standard InChI is InChI=1S/C18H20N2O/c1-12-3-4-13(2)17(9-12)18(21)20-8-7-14-5-6-16(19)10-15(14)11-20/h3-6,9-10H,7-8,11,19H2,1-2H3. The molecule has 3 rings (SSSR count). The zero-order valence-electron chi connectivity index (χ0n) is 12.5. The molecule has 0 aromatic heterocycles. The van der Waals surface area contributed by atoms with Gasteiger partial charge in [-0.25, -0.2) is 0 Å². The Labute approximate surface area is 125 Å². The Morgan fingerprint density at radius 3 is 2.71 bits per heavy atom. The van der Waals surface area contributed by atoms with E-state index in [1.807, 2.05) is 49.1 Å². The van der Waals surface area contributed by atoms with Crippen molar-refractivity contribution < 1.29 is 4.79 Å². The number of benzene rings is 2. The van der Waals surface area contributed by atoms with Crippen LogP contribution < -0.4 is 5.73 Å². The van der Waals surface area contributed by atoms with Crippen LogP contribution in [0.25, 0.3) is 0 Å². The van der Waals surface area contributed by atoms with Crippen LogP contribution in [-0.4, -0.2) is 17.4 Å². The number of anilines is 1. The number of fused-ring (bicyclic) bond motifs is 1. The van der Waals surface area contributed by atoms with Gasteiger partial charge in [-0.05, 0) is 55.2 Å². The molecule has 0 aliphatic carbocycles.